The summed E-state index contributed by atoms with van der Waals surface area (Å²) in [5.74, 6) is -0.121. The van der Waals surface area contributed by atoms with E-state index >= 15 is 0 Å². The second-order valence-electron chi connectivity index (χ2n) is 5.12. The van der Waals surface area contributed by atoms with Crippen molar-refractivity contribution < 1.29 is 25.3 Å². The number of aliphatic hydroxyl groups excluding tert-OH is 3. The van der Waals surface area contributed by atoms with Gasteiger partial charge >= 0.3 is 0 Å². The van der Waals surface area contributed by atoms with Crippen molar-refractivity contribution >= 4 is 22.7 Å². The first-order valence-corrected chi connectivity index (χ1v) is 6.71. The predicted molar refractivity (Wildman–Crippen MR) is 77.5 cm³/mol. The molecule has 1 fully saturated rings. The third-order valence-electron chi connectivity index (χ3n) is 3.81. The first-order valence-electron chi connectivity index (χ1n) is 6.71. The number of ether oxygens (including phenoxy) is 1. The van der Waals surface area contributed by atoms with Crippen LogP contribution in [-0.2, 0) is 4.74 Å². The maximum Gasteiger partial charge on any atom is 0.172 e. The molecule has 11 nitrogen and oxygen atoms in total. The van der Waals surface area contributed by atoms with Gasteiger partial charge in [-0.1, -0.05) is 5.16 Å². The van der Waals surface area contributed by atoms with Gasteiger partial charge in [-0.3, -0.25) is 0 Å². The Morgan fingerprint density at radius 1 is 1.35 bits per heavy atom. The van der Waals surface area contributed by atoms with Crippen LogP contribution in [-0.4, -0.2) is 65.8 Å². The summed E-state index contributed by atoms with van der Waals surface area (Å²) in [6.45, 7) is -0.460. The van der Waals surface area contributed by atoms with E-state index in [4.69, 9.17) is 21.4 Å². The smallest absolute Gasteiger partial charge is 0.172 e. The van der Waals surface area contributed by atoms with E-state index in [-0.39, 0.29) is 22.9 Å². The topological polar surface area (TPSA) is 185 Å². The number of nitrogens with zero attached hydrogens (tertiary/aromatic N) is 4. The minimum Gasteiger partial charge on any atom is -0.409 e. The Morgan fingerprint density at radius 3 is 2.70 bits per heavy atom. The summed E-state index contributed by atoms with van der Waals surface area (Å²) in [7, 11) is 0. The van der Waals surface area contributed by atoms with Crippen LogP contribution >= 0.6 is 0 Å². The maximum absolute atomic E-state index is 10.2. The number of anilines is 1. The molecule has 4 atom stereocenters. The fourth-order valence-electron chi connectivity index (χ4n) is 2.66. The number of oxime groups is 1. The van der Waals surface area contributed by atoms with Crippen molar-refractivity contribution in [3.05, 3.63) is 18.1 Å². The first-order chi connectivity index (χ1) is 11.0. The standard InChI is InChI=1S/C12H16N6O5/c13-9(17-22)4-1-18(11-6(4)10(14)15-3-16-11)12-8(21)7(20)5(2-19)23-12/h1,3,5,7-8,12,19-22H,2H2,(H2,13,17)(H2,14,15,16)/t5-,7+,8+,12+/m0/s1. The summed E-state index contributed by atoms with van der Waals surface area (Å²) >= 11 is 0. The van der Waals surface area contributed by atoms with E-state index in [2.05, 4.69) is 15.1 Å². The molecule has 11 heteroatoms. The maximum atomic E-state index is 10.2. The van der Waals surface area contributed by atoms with Crippen LogP contribution in [0.3, 0.4) is 0 Å². The zero-order valence-electron chi connectivity index (χ0n) is 11.8. The molecule has 1 saturated heterocycles. The van der Waals surface area contributed by atoms with Gasteiger partial charge < -0.3 is 41.3 Å². The van der Waals surface area contributed by atoms with Crippen LogP contribution in [0.4, 0.5) is 5.82 Å². The molecule has 1 aliphatic rings. The minimum absolute atomic E-state index is 0.0992. The fourth-order valence-corrected chi connectivity index (χ4v) is 2.66. The van der Waals surface area contributed by atoms with Crippen LogP contribution in [0.1, 0.15) is 11.8 Å². The summed E-state index contributed by atoms with van der Waals surface area (Å²) in [6.07, 6.45) is -1.91. The molecule has 3 rings (SSSR count). The number of nitrogens with two attached hydrogens (primary N) is 2. The van der Waals surface area contributed by atoms with Crippen molar-refractivity contribution in [1.82, 2.24) is 14.5 Å². The van der Waals surface area contributed by atoms with Crippen molar-refractivity contribution in [2.45, 2.75) is 24.5 Å². The highest BCUT2D eigenvalue weighted by Gasteiger charge is 2.44. The van der Waals surface area contributed by atoms with Gasteiger partial charge in [-0.05, 0) is 0 Å². The summed E-state index contributed by atoms with van der Waals surface area (Å²) in [5, 5.41) is 41.4. The number of aliphatic hydroxyl groups is 3. The largest absolute Gasteiger partial charge is 0.409 e. The van der Waals surface area contributed by atoms with E-state index < -0.39 is 31.1 Å². The highest BCUT2D eigenvalue weighted by molar-refractivity contribution is 6.11. The summed E-state index contributed by atoms with van der Waals surface area (Å²) < 4.78 is 6.86. The second-order valence-corrected chi connectivity index (χ2v) is 5.12. The number of rotatable bonds is 3. The summed E-state index contributed by atoms with van der Waals surface area (Å²) in [5.41, 5.74) is 12.0. The summed E-state index contributed by atoms with van der Waals surface area (Å²) in [6, 6.07) is 0. The number of nitrogen functional groups attached to an aromatic ring is 1. The molecular weight excluding hydrogens is 308 g/mol. The van der Waals surface area contributed by atoms with Crippen LogP contribution in [0, 0.1) is 0 Å². The lowest BCUT2D eigenvalue weighted by atomic mass is 10.1. The van der Waals surface area contributed by atoms with E-state index in [0.29, 0.717) is 5.39 Å². The highest BCUT2D eigenvalue weighted by Crippen LogP contribution is 2.34. The SMILES string of the molecule is N/C(=N/O)c1cn([C@@H]2O[C@@H](CO)[C@@H](O)[C@H]2O)c2ncnc(N)c12. The van der Waals surface area contributed by atoms with Gasteiger partial charge in [-0.2, -0.15) is 0 Å². The Morgan fingerprint density at radius 2 is 2.09 bits per heavy atom. The minimum atomic E-state index is -1.31. The number of fused-ring (bicyclic) bond motifs is 1. The van der Waals surface area contributed by atoms with Crippen LogP contribution in [0.2, 0.25) is 0 Å². The molecule has 0 aliphatic carbocycles. The molecule has 3 heterocycles. The van der Waals surface area contributed by atoms with Crippen LogP contribution in [0.5, 0.6) is 0 Å². The van der Waals surface area contributed by atoms with Gasteiger partial charge in [0.15, 0.2) is 12.1 Å². The molecular formula is C12H16N6O5. The molecule has 8 N–H and O–H groups in total. The molecule has 0 bridgehead atoms. The van der Waals surface area contributed by atoms with Crippen LogP contribution in [0.15, 0.2) is 17.7 Å². The van der Waals surface area contributed by atoms with Crippen molar-refractivity contribution in [2.24, 2.45) is 10.9 Å². The Balaban J connectivity index is 2.18. The lowest BCUT2D eigenvalue weighted by Gasteiger charge is -2.17. The molecule has 0 spiro atoms. The molecule has 0 saturated carbocycles. The van der Waals surface area contributed by atoms with E-state index in [1.807, 2.05) is 0 Å². The zero-order chi connectivity index (χ0) is 16.7. The molecule has 0 unspecified atom stereocenters. The monoisotopic (exact) mass is 324 g/mol. The van der Waals surface area contributed by atoms with E-state index in [1.165, 1.54) is 17.1 Å². The van der Waals surface area contributed by atoms with Crippen LogP contribution < -0.4 is 11.5 Å². The normalized spacial score (nSPS) is 28.6. The predicted octanol–water partition coefficient (Wildman–Crippen LogP) is -2.28. The van der Waals surface area contributed by atoms with E-state index in [9.17, 15) is 15.3 Å². The van der Waals surface area contributed by atoms with E-state index in [0.717, 1.165) is 0 Å². The third-order valence-corrected chi connectivity index (χ3v) is 3.81. The first kappa shape index (κ1) is 15.4. The Labute approximate surface area is 129 Å². The van der Waals surface area contributed by atoms with Gasteiger partial charge in [0, 0.05) is 6.20 Å². The lowest BCUT2D eigenvalue weighted by Crippen LogP contribution is -2.33. The Bertz CT molecular complexity index is 762. The molecule has 2 aromatic rings. The average molecular weight is 324 g/mol. The van der Waals surface area contributed by atoms with Gasteiger partial charge in [0.1, 0.15) is 36.1 Å². The van der Waals surface area contributed by atoms with Crippen molar-refractivity contribution in [3.63, 3.8) is 0 Å². The van der Waals surface area contributed by atoms with Gasteiger partial charge in [0.05, 0.1) is 17.6 Å². The third kappa shape index (κ3) is 2.26. The molecule has 0 radical (unpaired) electrons. The molecule has 1 aliphatic heterocycles. The van der Waals surface area contributed by atoms with Gasteiger partial charge in [0.2, 0.25) is 0 Å². The number of amidine groups is 1. The second kappa shape index (κ2) is 5.62. The molecule has 23 heavy (non-hydrogen) atoms. The quantitative estimate of drug-likeness (QED) is 0.156. The van der Waals surface area contributed by atoms with E-state index in [1.54, 1.807) is 0 Å². The lowest BCUT2D eigenvalue weighted by molar-refractivity contribution is -0.0508. The van der Waals surface area contributed by atoms with Gasteiger partial charge in [-0.15, -0.1) is 0 Å². The van der Waals surface area contributed by atoms with Crippen molar-refractivity contribution in [3.8, 4) is 0 Å². The molecule has 2 aromatic heterocycles. The van der Waals surface area contributed by atoms with Gasteiger partial charge in [0.25, 0.3) is 0 Å². The number of hydrogen-bond acceptors (Lipinski definition) is 9. The van der Waals surface area contributed by atoms with Crippen molar-refractivity contribution in [2.75, 3.05) is 12.3 Å². The van der Waals surface area contributed by atoms with Crippen molar-refractivity contribution in [1.29, 1.82) is 0 Å². The Kier molecular flexibility index (Phi) is 3.77. The Hall–Kier alpha value is -2.47. The van der Waals surface area contributed by atoms with Crippen LogP contribution in [0.25, 0.3) is 11.0 Å². The number of aromatic nitrogens is 3. The molecule has 124 valence electrons. The molecule has 0 amide bonds. The average Bonchev–Trinajstić information content (AvgIpc) is 3.07. The fraction of sp³-hybridized carbons (Fsp3) is 0.417. The van der Waals surface area contributed by atoms with Gasteiger partial charge in [-0.25, -0.2) is 9.97 Å². The zero-order valence-corrected chi connectivity index (χ0v) is 11.8. The highest BCUT2D eigenvalue weighted by atomic mass is 16.6. The number of hydrogen-bond donors (Lipinski definition) is 6. The molecule has 0 aromatic carbocycles. The summed E-state index contributed by atoms with van der Waals surface area (Å²) in [4.78, 5) is 7.94.